The van der Waals surface area contributed by atoms with Gasteiger partial charge in [-0.2, -0.15) is 0 Å². The molecule has 1 aliphatic rings. The summed E-state index contributed by atoms with van der Waals surface area (Å²) in [6.45, 7) is 7.57. The molecular weight excluding hydrogens is 562 g/mol. The number of para-hydroxylation sites is 2. The maximum absolute atomic E-state index is 14.0. The molecule has 7 rings (SSSR count). The fourth-order valence-electron chi connectivity index (χ4n) is 6.47. The molecule has 0 spiro atoms. The lowest BCUT2D eigenvalue weighted by atomic mass is 9.95. The summed E-state index contributed by atoms with van der Waals surface area (Å²) in [7, 11) is 1.50. The molecule has 0 saturated carbocycles. The molecule has 6 aromatic rings. The number of rotatable bonds is 4. The van der Waals surface area contributed by atoms with Gasteiger partial charge in [0.15, 0.2) is 0 Å². The van der Waals surface area contributed by atoms with Crippen molar-refractivity contribution in [1.29, 1.82) is 0 Å². The van der Waals surface area contributed by atoms with Crippen LogP contribution in [0.2, 0.25) is 0 Å². The van der Waals surface area contributed by atoms with Crippen molar-refractivity contribution in [3.05, 3.63) is 120 Å². The van der Waals surface area contributed by atoms with E-state index < -0.39 is 17.6 Å². The standard InChI is InChI=1S/C38H33N3O4/c1-23(25-18-12-14-24-13-6-7-15-26(24)25)40-21-29(27-16-8-10-19-31(27)40)33-34(36(43)39(5)35(33)42)30-22-41(37(44)45-38(2,3)4)32-20-11-9-17-28(30)32/h6-23H,1-5H3. The fourth-order valence-corrected chi connectivity index (χ4v) is 6.47. The molecule has 0 radical (unpaired) electrons. The number of amides is 2. The molecule has 224 valence electrons. The maximum Gasteiger partial charge on any atom is 0.419 e. The molecule has 0 saturated heterocycles. The van der Waals surface area contributed by atoms with Crippen LogP contribution in [0.5, 0.6) is 0 Å². The van der Waals surface area contributed by atoms with Crippen molar-refractivity contribution in [3.8, 4) is 0 Å². The topological polar surface area (TPSA) is 73.5 Å². The first-order valence-electron chi connectivity index (χ1n) is 15.0. The third-order valence-corrected chi connectivity index (χ3v) is 8.56. The van der Waals surface area contributed by atoms with Crippen molar-refractivity contribution in [2.75, 3.05) is 7.05 Å². The Morgan fingerprint density at radius 1 is 0.689 bits per heavy atom. The van der Waals surface area contributed by atoms with Gasteiger partial charge in [-0.15, -0.1) is 0 Å². The highest BCUT2D eigenvalue weighted by Gasteiger charge is 2.40. The van der Waals surface area contributed by atoms with Crippen LogP contribution in [0.25, 0.3) is 43.7 Å². The van der Waals surface area contributed by atoms with Crippen LogP contribution in [-0.4, -0.2) is 44.6 Å². The lowest BCUT2D eigenvalue weighted by molar-refractivity contribution is -0.134. The minimum atomic E-state index is -0.713. The molecule has 7 nitrogen and oxygen atoms in total. The number of aromatic nitrogens is 2. The van der Waals surface area contributed by atoms with Crippen LogP contribution in [0, 0.1) is 0 Å². The molecule has 0 N–H and O–H groups in total. The molecule has 2 aromatic heterocycles. The second-order valence-electron chi connectivity index (χ2n) is 12.5. The highest BCUT2D eigenvalue weighted by atomic mass is 16.6. The Labute approximate surface area is 260 Å². The zero-order valence-corrected chi connectivity index (χ0v) is 25.9. The summed E-state index contributed by atoms with van der Waals surface area (Å²) in [6, 6.07) is 29.9. The van der Waals surface area contributed by atoms with Crippen LogP contribution in [-0.2, 0) is 14.3 Å². The third-order valence-electron chi connectivity index (χ3n) is 8.56. The summed E-state index contributed by atoms with van der Waals surface area (Å²) < 4.78 is 9.29. The lowest BCUT2D eigenvalue weighted by Crippen LogP contribution is -2.27. The number of benzene rings is 4. The van der Waals surface area contributed by atoms with Gasteiger partial charge in [-0.1, -0.05) is 78.9 Å². The molecule has 3 heterocycles. The van der Waals surface area contributed by atoms with Crippen molar-refractivity contribution in [2.24, 2.45) is 0 Å². The summed E-state index contributed by atoms with van der Waals surface area (Å²) in [4.78, 5) is 42.3. The van der Waals surface area contributed by atoms with Gasteiger partial charge in [-0.25, -0.2) is 4.79 Å². The Hall–Kier alpha value is -5.43. The third kappa shape index (κ3) is 4.54. The van der Waals surface area contributed by atoms with E-state index in [4.69, 9.17) is 4.74 Å². The van der Waals surface area contributed by atoms with Gasteiger partial charge in [0.25, 0.3) is 11.8 Å². The van der Waals surface area contributed by atoms with Gasteiger partial charge in [0.2, 0.25) is 0 Å². The number of carbonyl (C=O) groups is 3. The van der Waals surface area contributed by atoms with Crippen molar-refractivity contribution in [3.63, 3.8) is 0 Å². The van der Waals surface area contributed by atoms with E-state index in [2.05, 4.69) is 41.8 Å². The van der Waals surface area contributed by atoms with Crippen molar-refractivity contribution >= 4 is 61.6 Å². The van der Waals surface area contributed by atoms with E-state index in [0.717, 1.165) is 32.1 Å². The summed E-state index contributed by atoms with van der Waals surface area (Å²) >= 11 is 0. The number of ether oxygens (including phenoxy) is 1. The van der Waals surface area contributed by atoms with Gasteiger partial charge in [0.05, 0.1) is 22.7 Å². The number of imide groups is 1. The normalized spacial score (nSPS) is 14.7. The zero-order chi connectivity index (χ0) is 31.6. The van der Waals surface area contributed by atoms with Gasteiger partial charge in [-0.3, -0.25) is 19.1 Å². The highest BCUT2D eigenvalue weighted by molar-refractivity contribution is 6.50. The van der Waals surface area contributed by atoms with Crippen LogP contribution >= 0.6 is 0 Å². The molecule has 45 heavy (non-hydrogen) atoms. The SMILES string of the molecule is CC(c1cccc2ccccc12)n1cc(C2=C(c3cn(C(=O)OC(C)(C)C)c4ccccc34)C(=O)N(C)C2=O)c2ccccc21. The summed E-state index contributed by atoms with van der Waals surface area (Å²) in [5.74, 6) is -0.800. The quantitative estimate of drug-likeness (QED) is 0.193. The molecule has 1 atom stereocenters. The van der Waals surface area contributed by atoms with E-state index >= 15 is 0 Å². The second kappa shape index (κ2) is 10.3. The van der Waals surface area contributed by atoms with Gasteiger partial charge in [-0.05, 0) is 56.2 Å². The van der Waals surface area contributed by atoms with E-state index in [-0.39, 0.29) is 17.5 Å². The maximum atomic E-state index is 14.0. The van der Waals surface area contributed by atoms with E-state index in [1.54, 1.807) is 27.0 Å². The van der Waals surface area contributed by atoms with E-state index in [9.17, 15) is 14.4 Å². The monoisotopic (exact) mass is 595 g/mol. The minimum Gasteiger partial charge on any atom is -0.443 e. The van der Waals surface area contributed by atoms with Gasteiger partial charge in [0.1, 0.15) is 5.60 Å². The fraction of sp³-hybridized carbons (Fsp3) is 0.184. The number of carbonyl (C=O) groups excluding carboxylic acids is 3. The average Bonchev–Trinajstić information content (AvgIpc) is 3.66. The first-order chi connectivity index (χ1) is 21.5. The molecule has 1 unspecified atom stereocenters. The number of likely N-dealkylation sites (N-methyl/N-ethyl adjacent to an activating group) is 1. The summed E-state index contributed by atoms with van der Waals surface area (Å²) in [6.07, 6.45) is 3.05. The molecular formula is C38H33N3O4. The Bertz CT molecular complexity index is 2220. The summed E-state index contributed by atoms with van der Waals surface area (Å²) in [5, 5.41) is 3.86. The Morgan fingerprint density at radius 3 is 1.89 bits per heavy atom. The molecule has 0 bridgehead atoms. The first-order valence-corrected chi connectivity index (χ1v) is 15.0. The van der Waals surface area contributed by atoms with E-state index in [0.29, 0.717) is 27.6 Å². The number of fused-ring (bicyclic) bond motifs is 3. The molecule has 7 heteroatoms. The molecule has 0 fully saturated rings. The van der Waals surface area contributed by atoms with Crippen LogP contribution < -0.4 is 0 Å². The van der Waals surface area contributed by atoms with Crippen molar-refractivity contribution in [1.82, 2.24) is 14.0 Å². The lowest BCUT2D eigenvalue weighted by Gasteiger charge is -2.19. The van der Waals surface area contributed by atoms with E-state index in [1.807, 2.05) is 66.9 Å². The highest BCUT2D eigenvalue weighted by Crippen LogP contribution is 2.42. The van der Waals surface area contributed by atoms with Crippen LogP contribution in [0.4, 0.5) is 4.79 Å². The predicted molar refractivity (Wildman–Crippen MR) is 178 cm³/mol. The average molecular weight is 596 g/mol. The molecule has 4 aromatic carbocycles. The van der Waals surface area contributed by atoms with Crippen LogP contribution in [0.3, 0.4) is 0 Å². The smallest absolute Gasteiger partial charge is 0.419 e. The second-order valence-corrected chi connectivity index (χ2v) is 12.5. The molecule has 0 aliphatic carbocycles. The number of hydrogen-bond donors (Lipinski definition) is 0. The van der Waals surface area contributed by atoms with Gasteiger partial charge >= 0.3 is 6.09 Å². The van der Waals surface area contributed by atoms with Gasteiger partial charge in [0, 0.05) is 46.9 Å². The predicted octanol–water partition coefficient (Wildman–Crippen LogP) is 8.05. The van der Waals surface area contributed by atoms with Crippen LogP contribution in [0.15, 0.2) is 103 Å². The number of hydrogen-bond acceptors (Lipinski definition) is 4. The molecule has 2 amide bonds. The number of nitrogens with zero attached hydrogens (tertiary/aromatic N) is 3. The van der Waals surface area contributed by atoms with Crippen LogP contribution in [0.1, 0.15) is 50.4 Å². The molecule has 1 aliphatic heterocycles. The first kappa shape index (κ1) is 28.3. The van der Waals surface area contributed by atoms with E-state index in [1.165, 1.54) is 11.6 Å². The van der Waals surface area contributed by atoms with Gasteiger partial charge < -0.3 is 9.30 Å². The van der Waals surface area contributed by atoms with Crippen molar-refractivity contribution < 1.29 is 19.1 Å². The Morgan fingerprint density at radius 2 is 1.22 bits per heavy atom. The zero-order valence-electron chi connectivity index (χ0n) is 25.9. The Balaban J connectivity index is 1.47. The Kier molecular flexibility index (Phi) is 6.51. The largest absolute Gasteiger partial charge is 0.443 e. The summed E-state index contributed by atoms with van der Waals surface area (Å²) in [5.41, 5.74) is 3.74. The van der Waals surface area contributed by atoms with Crippen molar-refractivity contribution in [2.45, 2.75) is 39.3 Å². The minimum absolute atomic E-state index is 0.0715.